The second-order valence-corrected chi connectivity index (χ2v) is 5.43. The van der Waals surface area contributed by atoms with E-state index < -0.39 is 17.4 Å². The van der Waals surface area contributed by atoms with Crippen molar-refractivity contribution in [2.45, 2.75) is 30.7 Å². The molecule has 0 spiro atoms. The van der Waals surface area contributed by atoms with Crippen LogP contribution in [0.5, 0.6) is 5.75 Å². The standard InChI is InChI=1S/C16H21NO5/c1-21-10-7-12(14(18)19)17-15(20)16(8-9-16)11-5-3-4-6-13(11)22-2/h3-6,12H,7-10H2,1-2H3,(H,17,20)(H,18,19). The second kappa shape index (κ2) is 6.79. The number of benzene rings is 1. The summed E-state index contributed by atoms with van der Waals surface area (Å²) in [6, 6.07) is 6.41. The Morgan fingerprint density at radius 3 is 2.55 bits per heavy atom. The maximum atomic E-state index is 12.6. The van der Waals surface area contributed by atoms with Gasteiger partial charge in [0.15, 0.2) is 0 Å². The number of amides is 1. The molecule has 1 aliphatic rings. The number of rotatable bonds is 8. The molecule has 0 radical (unpaired) electrons. The van der Waals surface area contributed by atoms with Crippen molar-refractivity contribution in [2.24, 2.45) is 0 Å². The first-order chi connectivity index (χ1) is 10.5. The molecule has 6 nitrogen and oxygen atoms in total. The van der Waals surface area contributed by atoms with E-state index in [1.165, 1.54) is 7.11 Å². The maximum absolute atomic E-state index is 12.6. The molecule has 1 unspecified atom stereocenters. The van der Waals surface area contributed by atoms with Crippen LogP contribution >= 0.6 is 0 Å². The van der Waals surface area contributed by atoms with Crippen molar-refractivity contribution in [3.05, 3.63) is 29.8 Å². The molecule has 22 heavy (non-hydrogen) atoms. The highest BCUT2D eigenvalue weighted by Gasteiger charge is 2.53. The number of ether oxygens (including phenoxy) is 2. The van der Waals surface area contributed by atoms with E-state index >= 15 is 0 Å². The van der Waals surface area contributed by atoms with Crippen LogP contribution in [0.1, 0.15) is 24.8 Å². The number of methoxy groups -OCH3 is 2. The summed E-state index contributed by atoms with van der Waals surface area (Å²) in [5.74, 6) is -0.666. The zero-order valence-electron chi connectivity index (χ0n) is 12.8. The third kappa shape index (κ3) is 3.22. The lowest BCUT2D eigenvalue weighted by molar-refractivity contribution is -0.142. The van der Waals surface area contributed by atoms with Gasteiger partial charge in [-0.2, -0.15) is 0 Å². The van der Waals surface area contributed by atoms with Gasteiger partial charge in [0.25, 0.3) is 0 Å². The third-order valence-electron chi connectivity index (χ3n) is 4.02. The molecular formula is C16H21NO5. The Morgan fingerprint density at radius 1 is 1.32 bits per heavy atom. The summed E-state index contributed by atoms with van der Waals surface area (Å²) in [5.41, 5.74) is 0.138. The summed E-state index contributed by atoms with van der Waals surface area (Å²) in [6.07, 6.45) is 1.62. The van der Waals surface area contributed by atoms with Crippen molar-refractivity contribution >= 4 is 11.9 Å². The lowest BCUT2D eigenvalue weighted by Crippen LogP contribution is -2.46. The highest BCUT2D eigenvalue weighted by Crippen LogP contribution is 2.51. The molecule has 1 saturated carbocycles. The van der Waals surface area contributed by atoms with Gasteiger partial charge in [0.1, 0.15) is 11.8 Å². The number of carbonyl (C=O) groups excluding carboxylic acids is 1. The number of carboxylic acid groups (broad SMARTS) is 1. The number of carbonyl (C=O) groups is 2. The van der Waals surface area contributed by atoms with Gasteiger partial charge in [-0.1, -0.05) is 18.2 Å². The monoisotopic (exact) mass is 307 g/mol. The number of para-hydroxylation sites is 1. The molecule has 0 aliphatic heterocycles. The van der Waals surface area contributed by atoms with Crippen molar-refractivity contribution in [3.8, 4) is 5.75 Å². The number of hydrogen-bond donors (Lipinski definition) is 2. The maximum Gasteiger partial charge on any atom is 0.326 e. The molecule has 0 saturated heterocycles. The summed E-state index contributed by atoms with van der Waals surface area (Å²) in [7, 11) is 3.06. The molecule has 1 amide bonds. The first-order valence-corrected chi connectivity index (χ1v) is 7.21. The molecule has 0 heterocycles. The minimum absolute atomic E-state index is 0.236. The first-order valence-electron chi connectivity index (χ1n) is 7.21. The predicted molar refractivity (Wildman–Crippen MR) is 80.0 cm³/mol. The van der Waals surface area contributed by atoms with Gasteiger partial charge in [-0.25, -0.2) is 4.79 Å². The quantitative estimate of drug-likeness (QED) is 0.757. The summed E-state index contributed by atoms with van der Waals surface area (Å²) in [6.45, 7) is 0.277. The van der Waals surface area contributed by atoms with E-state index in [9.17, 15) is 14.7 Å². The van der Waals surface area contributed by atoms with Crippen LogP contribution in [0.25, 0.3) is 0 Å². The summed E-state index contributed by atoms with van der Waals surface area (Å²) < 4.78 is 10.2. The SMILES string of the molecule is COCCC(NC(=O)C1(c2ccccc2OC)CC1)C(=O)O. The predicted octanol–water partition coefficient (Wildman–Crippen LogP) is 1.33. The Bertz CT molecular complexity index is 553. The van der Waals surface area contributed by atoms with Crippen LogP contribution < -0.4 is 10.1 Å². The molecule has 1 aromatic carbocycles. The second-order valence-electron chi connectivity index (χ2n) is 5.43. The molecule has 0 aromatic heterocycles. The Balaban J connectivity index is 2.15. The number of nitrogens with one attached hydrogen (secondary N) is 1. The van der Waals surface area contributed by atoms with Gasteiger partial charge >= 0.3 is 5.97 Å². The summed E-state index contributed by atoms with van der Waals surface area (Å²) >= 11 is 0. The van der Waals surface area contributed by atoms with Gasteiger partial charge in [0.2, 0.25) is 5.91 Å². The fraction of sp³-hybridized carbons (Fsp3) is 0.500. The molecular weight excluding hydrogens is 286 g/mol. The third-order valence-corrected chi connectivity index (χ3v) is 4.02. The molecule has 1 atom stereocenters. The lowest BCUT2D eigenvalue weighted by Gasteiger charge is -2.21. The fourth-order valence-corrected chi connectivity index (χ4v) is 2.57. The largest absolute Gasteiger partial charge is 0.496 e. The van der Waals surface area contributed by atoms with E-state index in [4.69, 9.17) is 9.47 Å². The Kier molecular flexibility index (Phi) is 5.03. The van der Waals surface area contributed by atoms with Gasteiger partial charge < -0.3 is 19.9 Å². The van der Waals surface area contributed by atoms with Gasteiger partial charge in [-0.15, -0.1) is 0 Å². The molecule has 1 fully saturated rings. The molecule has 1 aliphatic carbocycles. The number of aliphatic carboxylic acids is 1. The van der Waals surface area contributed by atoms with Crippen molar-refractivity contribution in [2.75, 3.05) is 20.8 Å². The van der Waals surface area contributed by atoms with Gasteiger partial charge in [-0.3, -0.25) is 4.79 Å². The number of hydrogen-bond acceptors (Lipinski definition) is 4. The van der Waals surface area contributed by atoms with Crippen LogP contribution in [0.4, 0.5) is 0 Å². The van der Waals surface area contributed by atoms with Crippen LogP contribution in [-0.4, -0.2) is 43.9 Å². The fourth-order valence-electron chi connectivity index (χ4n) is 2.57. The Labute approximate surface area is 129 Å². The molecule has 1 aromatic rings. The minimum Gasteiger partial charge on any atom is -0.496 e. The lowest BCUT2D eigenvalue weighted by atomic mass is 9.93. The van der Waals surface area contributed by atoms with Gasteiger partial charge in [0, 0.05) is 25.7 Å². The van der Waals surface area contributed by atoms with Crippen molar-refractivity contribution in [1.29, 1.82) is 0 Å². The van der Waals surface area contributed by atoms with Crippen molar-refractivity contribution < 1.29 is 24.2 Å². The zero-order valence-corrected chi connectivity index (χ0v) is 12.8. The molecule has 2 rings (SSSR count). The first kappa shape index (κ1) is 16.3. The minimum atomic E-state index is -1.05. The van der Waals surface area contributed by atoms with Crippen LogP contribution in [0.15, 0.2) is 24.3 Å². The van der Waals surface area contributed by atoms with Crippen LogP contribution in [-0.2, 0) is 19.7 Å². The van der Waals surface area contributed by atoms with E-state index in [2.05, 4.69) is 5.32 Å². The van der Waals surface area contributed by atoms with Gasteiger partial charge in [0.05, 0.1) is 12.5 Å². The highest BCUT2D eigenvalue weighted by molar-refractivity contribution is 5.94. The smallest absolute Gasteiger partial charge is 0.326 e. The highest BCUT2D eigenvalue weighted by atomic mass is 16.5. The zero-order chi connectivity index (χ0) is 16.2. The van der Waals surface area contributed by atoms with Gasteiger partial charge in [-0.05, 0) is 18.9 Å². The average Bonchev–Trinajstić information content (AvgIpc) is 3.32. The molecule has 0 bridgehead atoms. The molecule has 2 N–H and O–H groups in total. The van der Waals surface area contributed by atoms with E-state index in [1.54, 1.807) is 7.11 Å². The van der Waals surface area contributed by atoms with E-state index in [1.807, 2.05) is 24.3 Å². The Hall–Kier alpha value is -2.08. The molecule has 6 heteroatoms. The van der Waals surface area contributed by atoms with Crippen LogP contribution in [0.3, 0.4) is 0 Å². The normalized spacial score (nSPS) is 16.6. The Morgan fingerprint density at radius 2 is 2.00 bits per heavy atom. The molecule has 120 valence electrons. The van der Waals surface area contributed by atoms with Crippen LogP contribution in [0, 0.1) is 0 Å². The van der Waals surface area contributed by atoms with E-state index in [0.717, 1.165) is 5.56 Å². The average molecular weight is 307 g/mol. The van der Waals surface area contributed by atoms with Crippen molar-refractivity contribution in [3.63, 3.8) is 0 Å². The summed E-state index contributed by atoms with van der Waals surface area (Å²) in [5, 5.41) is 11.8. The van der Waals surface area contributed by atoms with Crippen molar-refractivity contribution in [1.82, 2.24) is 5.32 Å². The van der Waals surface area contributed by atoms with E-state index in [0.29, 0.717) is 18.6 Å². The summed E-state index contributed by atoms with van der Waals surface area (Å²) in [4.78, 5) is 23.9. The van der Waals surface area contributed by atoms with Crippen LogP contribution in [0.2, 0.25) is 0 Å². The topological polar surface area (TPSA) is 84.9 Å². The van der Waals surface area contributed by atoms with E-state index in [-0.39, 0.29) is 18.9 Å². The number of carboxylic acids is 1.